The molecule has 3 aromatic rings. The molecule has 1 fully saturated rings. The van der Waals surface area contributed by atoms with E-state index in [0.717, 1.165) is 18.0 Å². The molecule has 8 heteroatoms. The number of fused-ring (bicyclic) bond motifs is 1. The Kier molecular flexibility index (Phi) is 3.79. The number of amides is 1. The van der Waals surface area contributed by atoms with Crippen LogP contribution in [0, 0.1) is 12.7 Å². The lowest BCUT2D eigenvalue weighted by molar-refractivity contribution is 0.0762. The molecule has 7 nitrogen and oxygen atoms in total. The van der Waals surface area contributed by atoms with Gasteiger partial charge in [-0.2, -0.15) is 0 Å². The lowest BCUT2D eigenvalue weighted by Crippen LogP contribution is -2.32. The molecule has 3 aromatic heterocycles. The summed E-state index contributed by atoms with van der Waals surface area (Å²) in [5.74, 6) is -0.596. The molecule has 1 amide bonds. The number of imidazole rings is 1. The van der Waals surface area contributed by atoms with Crippen molar-refractivity contribution in [2.45, 2.75) is 19.4 Å². The lowest BCUT2D eigenvalue weighted by atomic mass is 10.3. The maximum absolute atomic E-state index is 12.9. The first-order valence-electron chi connectivity index (χ1n) is 7.99. The van der Waals surface area contributed by atoms with Gasteiger partial charge in [0.05, 0.1) is 24.6 Å². The van der Waals surface area contributed by atoms with Crippen LogP contribution in [0.4, 0.5) is 4.39 Å². The molecule has 0 aliphatic carbocycles. The molecular formula is C17H16FN5O2. The van der Waals surface area contributed by atoms with Gasteiger partial charge >= 0.3 is 6.01 Å². The van der Waals surface area contributed by atoms with Crippen LogP contribution in [0.3, 0.4) is 0 Å². The Hall–Kier alpha value is -3.03. The summed E-state index contributed by atoms with van der Waals surface area (Å²) in [6.07, 6.45) is 4.40. The smallest absolute Gasteiger partial charge is 0.316 e. The summed E-state index contributed by atoms with van der Waals surface area (Å²) in [7, 11) is 0. The van der Waals surface area contributed by atoms with E-state index in [-0.39, 0.29) is 18.0 Å². The van der Waals surface area contributed by atoms with Crippen LogP contribution >= 0.6 is 0 Å². The number of likely N-dealkylation sites (tertiary alicyclic amines) is 1. The zero-order chi connectivity index (χ0) is 17.4. The number of hydrogen-bond donors (Lipinski definition) is 0. The minimum Gasteiger partial charge on any atom is -0.458 e. The van der Waals surface area contributed by atoms with Gasteiger partial charge in [0, 0.05) is 19.2 Å². The summed E-state index contributed by atoms with van der Waals surface area (Å²) in [5, 5.41) is 0. The zero-order valence-electron chi connectivity index (χ0n) is 13.6. The summed E-state index contributed by atoms with van der Waals surface area (Å²) in [6.45, 7) is 2.83. The number of ether oxygens (including phenoxy) is 1. The van der Waals surface area contributed by atoms with E-state index in [1.807, 2.05) is 31.3 Å². The van der Waals surface area contributed by atoms with Crippen LogP contribution in [0.1, 0.15) is 22.6 Å². The van der Waals surface area contributed by atoms with Crippen molar-refractivity contribution < 1.29 is 13.9 Å². The maximum atomic E-state index is 12.9. The number of carbonyl (C=O) groups excluding carboxylic acids is 1. The van der Waals surface area contributed by atoms with Crippen molar-refractivity contribution in [3.63, 3.8) is 0 Å². The number of carbonyl (C=O) groups is 1. The monoisotopic (exact) mass is 341 g/mol. The predicted octanol–water partition coefficient (Wildman–Crippen LogP) is 1.87. The molecule has 1 aliphatic rings. The number of rotatable bonds is 3. The molecule has 4 heterocycles. The van der Waals surface area contributed by atoms with Gasteiger partial charge in [0.15, 0.2) is 5.82 Å². The van der Waals surface area contributed by atoms with Crippen LogP contribution < -0.4 is 4.74 Å². The minimum absolute atomic E-state index is 0.0812. The molecule has 25 heavy (non-hydrogen) atoms. The summed E-state index contributed by atoms with van der Waals surface area (Å²) < 4.78 is 20.3. The number of aromatic nitrogens is 4. The van der Waals surface area contributed by atoms with Crippen molar-refractivity contribution in [1.29, 1.82) is 0 Å². The van der Waals surface area contributed by atoms with Crippen molar-refractivity contribution in [3.05, 3.63) is 54.0 Å². The fourth-order valence-electron chi connectivity index (χ4n) is 3.04. The average Bonchev–Trinajstić information content (AvgIpc) is 3.20. The third-order valence-electron chi connectivity index (χ3n) is 4.21. The largest absolute Gasteiger partial charge is 0.458 e. The number of halogens is 1. The van der Waals surface area contributed by atoms with Gasteiger partial charge < -0.3 is 9.64 Å². The third-order valence-corrected chi connectivity index (χ3v) is 4.21. The molecule has 0 bridgehead atoms. The summed E-state index contributed by atoms with van der Waals surface area (Å²) in [6, 6.07) is 5.74. The first-order chi connectivity index (χ1) is 12.1. The number of nitrogens with zero attached hydrogens (tertiary/aromatic N) is 5. The van der Waals surface area contributed by atoms with Gasteiger partial charge in [-0.1, -0.05) is 6.07 Å². The molecule has 0 saturated carbocycles. The number of aryl methyl sites for hydroxylation is 1. The Bertz CT molecular complexity index is 924. The Morgan fingerprint density at radius 3 is 2.92 bits per heavy atom. The Morgan fingerprint density at radius 1 is 1.32 bits per heavy atom. The quantitative estimate of drug-likeness (QED) is 0.727. The normalized spacial score (nSPS) is 17.2. The van der Waals surface area contributed by atoms with Crippen LogP contribution in [-0.4, -0.2) is 49.4 Å². The lowest BCUT2D eigenvalue weighted by Gasteiger charge is -2.17. The first-order valence-corrected chi connectivity index (χ1v) is 7.99. The van der Waals surface area contributed by atoms with Crippen molar-refractivity contribution in [3.8, 4) is 6.01 Å². The van der Waals surface area contributed by atoms with E-state index in [1.165, 1.54) is 0 Å². The molecule has 128 valence electrons. The van der Waals surface area contributed by atoms with Crippen LogP contribution in [0.25, 0.3) is 5.65 Å². The van der Waals surface area contributed by atoms with E-state index in [4.69, 9.17) is 4.74 Å². The van der Waals surface area contributed by atoms with Crippen molar-refractivity contribution in [2.75, 3.05) is 13.1 Å². The van der Waals surface area contributed by atoms with Crippen molar-refractivity contribution in [1.82, 2.24) is 24.3 Å². The number of hydrogen-bond acceptors (Lipinski definition) is 5. The Balaban J connectivity index is 1.50. The van der Waals surface area contributed by atoms with E-state index in [0.29, 0.717) is 30.9 Å². The second-order valence-corrected chi connectivity index (χ2v) is 5.94. The highest BCUT2D eigenvalue weighted by Crippen LogP contribution is 2.20. The zero-order valence-corrected chi connectivity index (χ0v) is 13.6. The van der Waals surface area contributed by atoms with Gasteiger partial charge in [0.1, 0.15) is 17.4 Å². The van der Waals surface area contributed by atoms with Gasteiger partial charge in [-0.3, -0.25) is 9.20 Å². The van der Waals surface area contributed by atoms with E-state index in [1.54, 1.807) is 9.30 Å². The van der Waals surface area contributed by atoms with Gasteiger partial charge in [-0.05, 0) is 19.1 Å². The van der Waals surface area contributed by atoms with Gasteiger partial charge in [0.2, 0.25) is 0 Å². The average molecular weight is 341 g/mol. The highest BCUT2D eigenvalue weighted by Gasteiger charge is 2.31. The fraction of sp³-hybridized carbons (Fsp3) is 0.294. The number of pyridine rings is 1. The highest BCUT2D eigenvalue weighted by atomic mass is 19.1. The first kappa shape index (κ1) is 15.5. The predicted molar refractivity (Wildman–Crippen MR) is 86.9 cm³/mol. The second kappa shape index (κ2) is 6.12. The third kappa shape index (κ3) is 2.90. The van der Waals surface area contributed by atoms with E-state index in [9.17, 15) is 9.18 Å². The standard InChI is InChI=1S/C17H16FN5O2/c1-11-15(23-6-3-2-4-14(23)21-11)16(24)22-7-5-13(10-22)25-17-19-8-12(18)9-20-17/h2-4,6,8-9,13H,5,7,10H2,1H3/t13-/m1/s1. The molecule has 0 unspecified atom stereocenters. The molecule has 1 saturated heterocycles. The Labute approximate surface area is 143 Å². The molecule has 1 aliphatic heterocycles. The molecular weight excluding hydrogens is 325 g/mol. The Morgan fingerprint density at radius 2 is 2.12 bits per heavy atom. The molecule has 4 rings (SSSR count). The van der Waals surface area contributed by atoms with Crippen LogP contribution in [0.15, 0.2) is 36.8 Å². The van der Waals surface area contributed by atoms with E-state index >= 15 is 0 Å². The van der Waals surface area contributed by atoms with Gasteiger partial charge in [-0.25, -0.2) is 19.3 Å². The SMILES string of the molecule is Cc1nc2ccccn2c1C(=O)N1CC[C@@H](Oc2ncc(F)cn2)C1. The van der Waals surface area contributed by atoms with Crippen LogP contribution in [0.5, 0.6) is 6.01 Å². The van der Waals surface area contributed by atoms with Crippen molar-refractivity contribution >= 4 is 11.6 Å². The highest BCUT2D eigenvalue weighted by molar-refractivity contribution is 5.94. The van der Waals surface area contributed by atoms with Gasteiger partial charge in [-0.15, -0.1) is 0 Å². The molecule has 0 spiro atoms. The topological polar surface area (TPSA) is 72.6 Å². The summed E-state index contributed by atoms with van der Waals surface area (Å²) in [5.41, 5.74) is 2.01. The van der Waals surface area contributed by atoms with Crippen LogP contribution in [-0.2, 0) is 0 Å². The summed E-state index contributed by atoms with van der Waals surface area (Å²) in [4.78, 5) is 26.7. The van der Waals surface area contributed by atoms with E-state index in [2.05, 4.69) is 15.0 Å². The molecule has 0 N–H and O–H groups in total. The second-order valence-electron chi connectivity index (χ2n) is 5.94. The molecule has 0 radical (unpaired) electrons. The van der Waals surface area contributed by atoms with Crippen molar-refractivity contribution in [2.24, 2.45) is 0 Å². The van der Waals surface area contributed by atoms with E-state index < -0.39 is 5.82 Å². The van der Waals surface area contributed by atoms with Crippen LogP contribution in [0.2, 0.25) is 0 Å². The summed E-state index contributed by atoms with van der Waals surface area (Å²) >= 11 is 0. The minimum atomic E-state index is -0.515. The van der Waals surface area contributed by atoms with Gasteiger partial charge in [0.25, 0.3) is 5.91 Å². The molecule has 0 aromatic carbocycles. The molecule has 1 atom stereocenters. The maximum Gasteiger partial charge on any atom is 0.316 e. The fourth-order valence-corrected chi connectivity index (χ4v) is 3.04.